The van der Waals surface area contributed by atoms with Gasteiger partial charge in [0.25, 0.3) is 0 Å². The quantitative estimate of drug-likeness (QED) is 0.530. The summed E-state index contributed by atoms with van der Waals surface area (Å²) in [5, 5.41) is 17.0. The fourth-order valence-electron chi connectivity index (χ4n) is 2.08. The van der Waals surface area contributed by atoms with Crippen molar-refractivity contribution in [3.05, 3.63) is 33.4 Å². The SMILES string of the molecule is CCCc1nc(S/C(=C\c2cc(Cl)c(OC)c(OC)c2)C(=O)O)n[nH]1. The summed E-state index contributed by atoms with van der Waals surface area (Å²) in [6, 6.07) is 3.25. The molecule has 0 spiro atoms. The number of benzene rings is 1. The Bertz CT molecular complexity index is 792. The van der Waals surface area contributed by atoms with Crippen molar-refractivity contribution in [2.75, 3.05) is 14.2 Å². The Hall–Kier alpha value is -2.19. The van der Waals surface area contributed by atoms with Gasteiger partial charge in [-0.1, -0.05) is 18.5 Å². The lowest BCUT2D eigenvalue weighted by Crippen LogP contribution is -1.98. The molecule has 7 nitrogen and oxygen atoms in total. The van der Waals surface area contributed by atoms with Crippen LogP contribution in [0, 0.1) is 0 Å². The molecule has 134 valence electrons. The van der Waals surface area contributed by atoms with Crippen molar-refractivity contribution in [2.24, 2.45) is 0 Å². The molecule has 0 saturated carbocycles. The van der Waals surface area contributed by atoms with Crippen LogP contribution in [0.3, 0.4) is 0 Å². The van der Waals surface area contributed by atoms with E-state index in [0.717, 1.165) is 30.4 Å². The number of aromatic amines is 1. The molecule has 2 rings (SSSR count). The average Bonchev–Trinajstić information content (AvgIpc) is 3.01. The zero-order valence-corrected chi connectivity index (χ0v) is 15.6. The van der Waals surface area contributed by atoms with E-state index in [2.05, 4.69) is 15.2 Å². The second-order valence-electron chi connectivity index (χ2n) is 4.97. The van der Waals surface area contributed by atoms with E-state index in [1.165, 1.54) is 20.3 Å². The molecule has 2 aromatic rings. The van der Waals surface area contributed by atoms with Gasteiger partial charge in [-0.05, 0) is 42.0 Å². The van der Waals surface area contributed by atoms with Crippen molar-refractivity contribution in [3.8, 4) is 11.5 Å². The third kappa shape index (κ3) is 4.90. The number of aryl methyl sites for hydroxylation is 1. The lowest BCUT2D eigenvalue weighted by molar-refractivity contribution is -0.131. The normalized spacial score (nSPS) is 11.4. The number of ether oxygens (including phenoxy) is 2. The molecule has 1 heterocycles. The largest absolute Gasteiger partial charge is 0.493 e. The highest BCUT2D eigenvalue weighted by molar-refractivity contribution is 8.04. The Morgan fingerprint density at radius 1 is 1.40 bits per heavy atom. The molecule has 0 amide bonds. The number of rotatable bonds is 8. The number of nitrogens with zero attached hydrogens (tertiary/aromatic N) is 2. The first kappa shape index (κ1) is 19.1. The summed E-state index contributed by atoms with van der Waals surface area (Å²) in [5.74, 6) is 0.449. The highest BCUT2D eigenvalue weighted by Gasteiger charge is 2.16. The second-order valence-corrected chi connectivity index (χ2v) is 6.39. The lowest BCUT2D eigenvalue weighted by atomic mass is 10.2. The third-order valence-electron chi connectivity index (χ3n) is 3.16. The first-order valence-corrected chi connectivity index (χ1v) is 8.63. The summed E-state index contributed by atoms with van der Waals surface area (Å²) in [4.78, 5) is 15.9. The van der Waals surface area contributed by atoms with E-state index >= 15 is 0 Å². The van der Waals surface area contributed by atoms with E-state index in [4.69, 9.17) is 21.1 Å². The number of halogens is 1. The standard InChI is InChI=1S/C16H18ClN3O4S/c1-4-5-13-18-16(20-19-13)25-12(15(21)22)8-9-6-10(17)14(24-3)11(7-9)23-2/h6-8H,4-5H2,1-3H3,(H,21,22)(H,18,19,20)/b12-8-. The first-order chi connectivity index (χ1) is 12.0. The van der Waals surface area contributed by atoms with Gasteiger partial charge in [-0.2, -0.15) is 0 Å². The van der Waals surface area contributed by atoms with E-state index < -0.39 is 5.97 Å². The third-order valence-corrected chi connectivity index (χ3v) is 4.32. The van der Waals surface area contributed by atoms with Crippen LogP contribution in [0.25, 0.3) is 6.08 Å². The predicted octanol–water partition coefficient (Wildman–Crippen LogP) is 3.65. The average molecular weight is 384 g/mol. The van der Waals surface area contributed by atoms with Crippen LogP contribution >= 0.6 is 23.4 Å². The Morgan fingerprint density at radius 3 is 2.76 bits per heavy atom. The van der Waals surface area contributed by atoms with Gasteiger partial charge >= 0.3 is 5.97 Å². The first-order valence-electron chi connectivity index (χ1n) is 7.44. The van der Waals surface area contributed by atoms with Crippen LogP contribution in [0.15, 0.2) is 22.2 Å². The molecule has 2 N–H and O–H groups in total. The van der Waals surface area contributed by atoms with Crippen LogP contribution in [0.1, 0.15) is 24.7 Å². The van der Waals surface area contributed by atoms with Gasteiger partial charge in [0.2, 0.25) is 5.16 Å². The summed E-state index contributed by atoms with van der Waals surface area (Å²) in [6.07, 6.45) is 3.16. The molecule has 0 aliphatic rings. The molecule has 0 aliphatic carbocycles. The number of methoxy groups -OCH3 is 2. The fourth-order valence-corrected chi connectivity index (χ4v) is 3.10. The van der Waals surface area contributed by atoms with E-state index in [-0.39, 0.29) is 4.91 Å². The van der Waals surface area contributed by atoms with Crippen LogP contribution in [-0.2, 0) is 11.2 Å². The number of hydrogen-bond acceptors (Lipinski definition) is 6. The highest BCUT2D eigenvalue weighted by atomic mass is 35.5. The minimum absolute atomic E-state index is 0.0605. The molecule has 1 aromatic heterocycles. The topological polar surface area (TPSA) is 97.3 Å². The van der Waals surface area contributed by atoms with Crippen LogP contribution in [-0.4, -0.2) is 40.5 Å². The molecule has 9 heteroatoms. The minimum atomic E-state index is -1.09. The molecule has 0 aliphatic heterocycles. The number of carboxylic acids is 1. The highest BCUT2D eigenvalue weighted by Crippen LogP contribution is 2.37. The summed E-state index contributed by atoms with van der Waals surface area (Å²) >= 11 is 7.12. The number of carboxylic acid groups (broad SMARTS) is 1. The van der Waals surface area contributed by atoms with Gasteiger partial charge in [-0.3, -0.25) is 5.10 Å². The number of hydrogen-bond donors (Lipinski definition) is 2. The van der Waals surface area contributed by atoms with Crippen LogP contribution < -0.4 is 9.47 Å². The van der Waals surface area contributed by atoms with Gasteiger partial charge < -0.3 is 14.6 Å². The van der Waals surface area contributed by atoms with Gasteiger partial charge in [0, 0.05) is 6.42 Å². The molecular weight excluding hydrogens is 366 g/mol. The van der Waals surface area contributed by atoms with Crippen LogP contribution in [0.2, 0.25) is 5.02 Å². The maximum absolute atomic E-state index is 11.6. The number of aliphatic carboxylic acids is 1. The van der Waals surface area contributed by atoms with Gasteiger partial charge in [0.05, 0.1) is 19.2 Å². The molecule has 1 aromatic carbocycles. The monoisotopic (exact) mass is 383 g/mol. The van der Waals surface area contributed by atoms with E-state index in [1.54, 1.807) is 12.1 Å². The molecular formula is C16H18ClN3O4S. The number of nitrogens with one attached hydrogen (secondary N) is 1. The molecule has 0 bridgehead atoms. The minimum Gasteiger partial charge on any atom is -0.493 e. The molecule has 0 atom stereocenters. The van der Waals surface area contributed by atoms with Crippen molar-refractivity contribution < 1.29 is 19.4 Å². The zero-order chi connectivity index (χ0) is 18.4. The smallest absolute Gasteiger partial charge is 0.342 e. The Balaban J connectivity index is 2.33. The van der Waals surface area contributed by atoms with Crippen molar-refractivity contribution in [1.29, 1.82) is 0 Å². The van der Waals surface area contributed by atoms with Crippen molar-refractivity contribution in [2.45, 2.75) is 24.9 Å². The maximum Gasteiger partial charge on any atom is 0.342 e. The molecule has 0 radical (unpaired) electrons. The lowest BCUT2D eigenvalue weighted by Gasteiger charge is -2.10. The Labute approximate surface area is 154 Å². The van der Waals surface area contributed by atoms with E-state index in [0.29, 0.717) is 27.2 Å². The fraction of sp³-hybridized carbons (Fsp3) is 0.312. The zero-order valence-electron chi connectivity index (χ0n) is 14.0. The molecule has 25 heavy (non-hydrogen) atoms. The predicted molar refractivity (Wildman–Crippen MR) is 96.4 cm³/mol. The molecule has 0 unspecified atom stereocenters. The van der Waals surface area contributed by atoms with Gasteiger partial charge in [-0.15, -0.1) is 5.10 Å². The molecule has 0 saturated heterocycles. The Kier molecular flexibility index (Phi) is 6.72. The van der Waals surface area contributed by atoms with Crippen molar-refractivity contribution in [3.63, 3.8) is 0 Å². The molecule has 0 fully saturated rings. The van der Waals surface area contributed by atoms with Gasteiger partial charge in [-0.25, -0.2) is 9.78 Å². The van der Waals surface area contributed by atoms with Crippen molar-refractivity contribution in [1.82, 2.24) is 15.2 Å². The number of aromatic nitrogens is 3. The summed E-state index contributed by atoms with van der Waals surface area (Å²) in [7, 11) is 2.96. The van der Waals surface area contributed by atoms with Gasteiger partial charge in [0.1, 0.15) is 10.7 Å². The van der Waals surface area contributed by atoms with Crippen LogP contribution in [0.4, 0.5) is 0 Å². The van der Waals surface area contributed by atoms with Gasteiger partial charge in [0.15, 0.2) is 11.5 Å². The van der Waals surface area contributed by atoms with Crippen molar-refractivity contribution >= 4 is 35.4 Å². The van der Waals surface area contributed by atoms with Crippen LogP contribution in [0.5, 0.6) is 11.5 Å². The number of thioether (sulfide) groups is 1. The Morgan fingerprint density at radius 2 is 2.16 bits per heavy atom. The summed E-state index contributed by atoms with van der Waals surface area (Å²) in [6.45, 7) is 2.03. The maximum atomic E-state index is 11.6. The second kappa shape index (κ2) is 8.77. The summed E-state index contributed by atoms with van der Waals surface area (Å²) in [5.41, 5.74) is 0.567. The van der Waals surface area contributed by atoms with E-state index in [1.807, 2.05) is 6.92 Å². The summed E-state index contributed by atoms with van der Waals surface area (Å²) < 4.78 is 10.4. The van der Waals surface area contributed by atoms with E-state index in [9.17, 15) is 9.90 Å². The number of carbonyl (C=O) groups is 1. The number of H-pyrrole nitrogens is 1.